The van der Waals surface area contributed by atoms with Crippen LogP contribution in [0.15, 0.2) is 47.4 Å². The van der Waals surface area contributed by atoms with Crippen LogP contribution in [0.2, 0.25) is 0 Å². The fourth-order valence-corrected chi connectivity index (χ4v) is 3.15. The molecule has 2 N–H and O–H groups in total. The number of ether oxygens (including phenoxy) is 1. The molecule has 0 heterocycles. The average Bonchev–Trinajstić information content (AvgIpc) is 2.63. The van der Waals surface area contributed by atoms with Crippen molar-refractivity contribution in [2.24, 2.45) is 0 Å². The number of hydrogen-bond acceptors (Lipinski definition) is 4. The summed E-state index contributed by atoms with van der Waals surface area (Å²) >= 11 is 0. The largest absolute Gasteiger partial charge is 0.383 e. The van der Waals surface area contributed by atoms with Crippen molar-refractivity contribution in [3.05, 3.63) is 65.2 Å². The highest BCUT2D eigenvalue weighted by molar-refractivity contribution is 7.89. The SMILES string of the molecule is COCCNC(=O)c1cccc(S(=O)(=O)NCc2ccc(F)c(F)c2)c1. The summed E-state index contributed by atoms with van der Waals surface area (Å²) in [6.45, 7) is 0.407. The Morgan fingerprint density at radius 3 is 2.58 bits per heavy atom. The van der Waals surface area contributed by atoms with Gasteiger partial charge in [-0.3, -0.25) is 4.79 Å². The number of carbonyl (C=O) groups is 1. The number of rotatable bonds is 8. The van der Waals surface area contributed by atoms with E-state index in [0.717, 1.165) is 12.1 Å². The van der Waals surface area contributed by atoms with Crippen LogP contribution in [0, 0.1) is 11.6 Å². The molecule has 0 atom stereocenters. The van der Waals surface area contributed by atoms with Crippen molar-refractivity contribution < 1.29 is 26.7 Å². The standard InChI is InChI=1S/C17H18F2N2O4S/c1-25-8-7-20-17(22)13-3-2-4-14(10-13)26(23,24)21-11-12-5-6-15(18)16(19)9-12/h2-6,9-10,21H,7-8,11H2,1H3,(H,20,22). The van der Waals surface area contributed by atoms with Gasteiger partial charge in [0.2, 0.25) is 10.0 Å². The molecular weight excluding hydrogens is 366 g/mol. The zero-order valence-electron chi connectivity index (χ0n) is 14.0. The zero-order chi connectivity index (χ0) is 19.2. The molecule has 0 unspecified atom stereocenters. The molecule has 26 heavy (non-hydrogen) atoms. The van der Waals surface area contributed by atoms with E-state index in [0.29, 0.717) is 13.2 Å². The number of amides is 1. The van der Waals surface area contributed by atoms with Gasteiger partial charge in [0, 0.05) is 25.8 Å². The molecule has 0 aliphatic heterocycles. The van der Waals surface area contributed by atoms with E-state index in [2.05, 4.69) is 10.0 Å². The van der Waals surface area contributed by atoms with Gasteiger partial charge in [-0.2, -0.15) is 0 Å². The summed E-state index contributed by atoms with van der Waals surface area (Å²) in [4.78, 5) is 11.9. The Hall–Kier alpha value is -2.36. The first-order valence-corrected chi connectivity index (χ1v) is 9.12. The van der Waals surface area contributed by atoms with Gasteiger partial charge in [0.1, 0.15) is 0 Å². The number of hydrogen-bond donors (Lipinski definition) is 2. The van der Waals surface area contributed by atoms with Crippen LogP contribution in [0.4, 0.5) is 8.78 Å². The second-order valence-corrected chi connectivity index (χ2v) is 7.12. The molecule has 0 aliphatic carbocycles. The predicted molar refractivity (Wildman–Crippen MR) is 91.0 cm³/mol. The van der Waals surface area contributed by atoms with Crippen LogP contribution >= 0.6 is 0 Å². The first-order valence-electron chi connectivity index (χ1n) is 7.64. The smallest absolute Gasteiger partial charge is 0.251 e. The lowest BCUT2D eigenvalue weighted by atomic mass is 10.2. The quantitative estimate of drug-likeness (QED) is 0.680. The molecule has 2 rings (SSSR count). The molecule has 0 fully saturated rings. The topological polar surface area (TPSA) is 84.5 Å². The molecule has 0 bridgehead atoms. The van der Waals surface area contributed by atoms with Gasteiger partial charge in [0.05, 0.1) is 11.5 Å². The van der Waals surface area contributed by atoms with Gasteiger partial charge >= 0.3 is 0 Å². The molecule has 2 aromatic rings. The van der Waals surface area contributed by atoms with Crippen LogP contribution in [0.1, 0.15) is 15.9 Å². The van der Waals surface area contributed by atoms with Crippen LogP contribution in [-0.2, 0) is 21.3 Å². The van der Waals surface area contributed by atoms with Gasteiger partial charge in [0.15, 0.2) is 11.6 Å². The monoisotopic (exact) mass is 384 g/mol. The third-order valence-electron chi connectivity index (χ3n) is 3.45. The van der Waals surface area contributed by atoms with E-state index in [9.17, 15) is 22.0 Å². The lowest BCUT2D eigenvalue weighted by Gasteiger charge is -2.09. The van der Waals surface area contributed by atoms with E-state index in [4.69, 9.17) is 4.74 Å². The number of carbonyl (C=O) groups excluding carboxylic acids is 1. The first-order chi connectivity index (χ1) is 12.3. The summed E-state index contributed by atoms with van der Waals surface area (Å²) in [5, 5.41) is 2.59. The molecule has 0 aromatic heterocycles. The van der Waals surface area contributed by atoms with E-state index >= 15 is 0 Å². The fraction of sp³-hybridized carbons (Fsp3) is 0.235. The van der Waals surface area contributed by atoms with E-state index in [1.807, 2.05) is 0 Å². The van der Waals surface area contributed by atoms with Crippen molar-refractivity contribution in [2.75, 3.05) is 20.3 Å². The van der Waals surface area contributed by atoms with Crippen LogP contribution in [0.5, 0.6) is 0 Å². The second kappa shape index (κ2) is 8.84. The molecule has 2 aromatic carbocycles. The van der Waals surface area contributed by atoms with Crippen LogP contribution in [-0.4, -0.2) is 34.6 Å². The third kappa shape index (κ3) is 5.32. The van der Waals surface area contributed by atoms with E-state index in [-0.39, 0.29) is 22.6 Å². The Bertz CT molecular complexity index is 888. The Balaban J connectivity index is 2.09. The van der Waals surface area contributed by atoms with Crippen molar-refractivity contribution in [3.63, 3.8) is 0 Å². The van der Waals surface area contributed by atoms with E-state index < -0.39 is 27.6 Å². The minimum absolute atomic E-state index is 0.112. The van der Waals surface area contributed by atoms with Crippen molar-refractivity contribution in [2.45, 2.75) is 11.4 Å². The Kier molecular flexibility index (Phi) is 6.78. The van der Waals surface area contributed by atoms with Gasteiger partial charge in [0.25, 0.3) is 5.91 Å². The molecule has 140 valence electrons. The van der Waals surface area contributed by atoms with Gasteiger partial charge in [-0.05, 0) is 35.9 Å². The summed E-state index contributed by atoms with van der Waals surface area (Å²) in [6.07, 6.45) is 0. The number of benzene rings is 2. The minimum atomic E-state index is -3.93. The minimum Gasteiger partial charge on any atom is -0.383 e. The average molecular weight is 384 g/mol. The number of sulfonamides is 1. The Labute approximate surface area is 150 Å². The number of nitrogens with one attached hydrogen (secondary N) is 2. The molecule has 0 saturated carbocycles. The fourth-order valence-electron chi connectivity index (χ4n) is 2.08. The van der Waals surface area contributed by atoms with Crippen molar-refractivity contribution in [1.29, 1.82) is 0 Å². The predicted octanol–water partition coefficient (Wildman–Crippen LogP) is 1.82. The maximum Gasteiger partial charge on any atom is 0.251 e. The summed E-state index contributed by atoms with van der Waals surface area (Å²) in [5.41, 5.74) is 0.442. The Morgan fingerprint density at radius 2 is 1.88 bits per heavy atom. The maximum atomic E-state index is 13.2. The third-order valence-corrected chi connectivity index (χ3v) is 4.85. The lowest BCUT2D eigenvalue weighted by Crippen LogP contribution is -2.27. The van der Waals surface area contributed by atoms with Gasteiger partial charge in [-0.1, -0.05) is 12.1 Å². The lowest BCUT2D eigenvalue weighted by molar-refractivity contribution is 0.0937. The summed E-state index contributed by atoms with van der Waals surface area (Å²) in [5.74, 6) is -2.50. The maximum absolute atomic E-state index is 13.2. The zero-order valence-corrected chi connectivity index (χ0v) is 14.8. The van der Waals surface area contributed by atoms with Gasteiger partial charge < -0.3 is 10.1 Å². The molecule has 9 heteroatoms. The van der Waals surface area contributed by atoms with Gasteiger partial charge in [-0.25, -0.2) is 21.9 Å². The van der Waals surface area contributed by atoms with E-state index in [1.54, 1.807) is 0 Å². The highest BCUT2D eigenvalue weighted by Crippen LogP contribution is 2.13. The number of methoxy groups -OCH3 is 1. The molecule has 0 spiro atoms. The Morgan fingerprint density at radius 1 is 1.12 bits per heavy atom. The van der Waals surface area contributed by atoms with Crippen LogP contribution in [0.3, 0.4) is 0 Å². The van der Waals surface area contributed by atoms with Crippen molar-refractivity contribution >= 4 is 15.9 Å². The highest BCUT2D eigenvalue weighted by atomic mass is 32.2. The number of halogens is 2. The summed E-state index contributed by atoms with van der Waals surface area (Å²) in [6, 6.07) is 8.60. The molecule has 0 aliphatic rings. The normalized spacial score (nSPS) is 11.3. The van der Waals surface area contributed by atoms with Crippen molar-refractivity contribution in [3.8, 4) is 0 Å². The molecule has 1 amide bonds. The molecule has 0 saturated heterocycles. The molecular formula is C17H18F2N2O4S. The van der Waals surface area contributed by atoms with Crippen LogP contribution < -0.4 is 10.0 Å². The van der Waals surface area contributed by atoms with Gasteiger partial charge in [-0.15, -0.1) is 0 Å². The van der Waals surface area contributed by atoms with Crippen LogP contribution in [0.25, 0.3) is 0 Å². The summed E-state index contributed by atoms with van der Waals surface area (Å²) in [7, 11) is -2.44. The molecule has 6 nitrogen and oxygen atoms in total. The first kappa shape index (κ1) is 20.0. The second-order valence-electron chi connectivity index (χ2n) is 5.35. The molecule has 0 radical (unpaired) electrons. The van der Waals surface area contributed by atoms with Crippen molar-refractivity contribution in [1.82, 2.24) is 10.0 Å². The van der Waals surface area contributed by atoms with E-state index in [1.165, 1.54) is 37.4 Å². The highest BCUT2D eigenvalue weighted by Gasteiger charge is 2.16. The summed E-state index contributed by atoms with van der Waals surface area (Å²) < 4.78 is 57.9.